The fourth-order valence-corrected chi connectivity index (χ4v) is 3.64. The van der Waals surface area contributed by atoms with Crippen molar-refractivity contribution in [3.8, 4) is 11.4 Å². The number of aryl methyl sites for hydroxylation is 1. The van der Waals surface area contributed by atoms with Crippen LogP contribution in [0.5, 0.6) is 5.75 Å². The van der Waals surface area contributed by atoms with E-state index in [9.17, 15) is 4.79 Å². The summed E-state index contributed by atoms with van der Waals surface area (Å²) in [5.74, 6) is 3.25. The summed E-state index contributed by atoms with van der Waals surface area (Å²) in [7, 11) is 1.66. The van der Waals surface area contributed by atoms with E-state index in [0.29, 0.717) is 17.5 Å². The highest BCUT2D eigenvalue weighted by Crippen LogP contribution is 2.29. The van der Waals surface area contributed by atoms with E-state index in [1.165, 1.54) is 0 Å². The Bertz CT molecular complexity index is 1100. The van der Waals surface area contributed by atoms with Crippen LogP contribution in [0.1, 0.15) is 50.0 Å². The predicted octanol–water partition coefficient (Wildman–Crippen LogP) is 5.21. The zero-order valence-electron chi connectivity index (χ0n) is 18.5. The number of halogens is 1. The van der Waals surface area contributed by atoms with Gasteiger partial charge in [-0.05, 0) is 50.1 Å². The molecule has 0 unspecified atom stereocenters. The van der Waals surface area contributed by atoms with Gasteiger partial charge in [0.2, 0.25) is 0 Å². The Morgan fingerprint density at radius 3 is 2.45 bits per heavy atom. The van der Waals surface area contributed by atoms with Gasteiger partial charge in [0, 0.05) is 22.6 Å². The molecule has 0 bridgehead atoms. The highest BCUT2D eigenvalue weighted by molar-refractivity contribution is 6.30. The van der Waals surface area contributed by atoms with Crippen molar-refractivity contribution < 1.29 is 9.53 Å². The number of ketones is 1. The second-order valence-corrected chi connectivity index (χ2v) is 8.29. The van der Waals surface area contributed by atoms with Gasteiger partial charge >= 0.3 is 0 Å². The molecule has 0 aliphatic carbocycles. The van der Waals surface area contributed by atoms with Crippen LogP contribution in [0.2, 0.25) is 5.02 Å². The summed E-state index contributed by atoms with van der Waals surface area (Å²) >= 11 is 6.02. The number of Topliss-reactive ketones (excluding diaryl/α,β-unsaturated/α-hetero) is 1. The SMILES string of the molecule is CC(=O)CC(C)C.COc1ccc2c(c1)C(c1ccc(Cl)cc1)=NCc1nnc(C)n1-2. The van der Waals surface area contributed by atoms with Crippen LogP contribution in [0, 0.1) is 12.8 Å². The molecule has 0 spiro atoms. The number of hydrogen-bond acceptors (Lipinski definition) is 5. The standard InChI is InChI=1S/C18H15ClN4O.C6H12O/c1-11-21-22-17-10-20-18(12-3-5-13(19)6-4-12)15-9-14(24-2)7-8-16(15)23(11)17;1-5(2)4-6(3)7/h3-9H,10H2,1-2H3;5H,4H2,1-3H3. The van der Waals surface area contributed by atoms with Crippen LogP contribution in [0.15, 0.2) is 47.5 Å². The quantitative estimate of drug-likeness (QED) is 0.560. The number of carbonyl (C=O) groups is 1. The molecule has 1 aromatic heterocycles. The van der Waals surface area contributed by atoms with E-state index in [1.54, 1.807) is 14.0 Å². The first kappa shape index (κ1) is 22.7. The molecule has 162 valence electrons. The van der Waals surface area contributed by atoms with Gasteiger partial charge in [-0.1, -0.05) is 37.6 Å². The lowest BCUT2D eigenvalue weighted by Gasteiger charge is -2.14. The Hall–Kier alpha value is -2.99. The van der Waals surface area contributed by atoms with Gasteiger partial charge in [-0.15, -0.1) is 10.2 Å². The number of methoxy groups -OCH3 is 1. The van der Waals surface area contributed by atoms with Gasteiger partial charge in [0.1, 0.15) is 23.9 Å². The Balaban J connectivity index is 0.000000339. The Morgan fingerprint density at radius 2 is 1.87 bits per heavy atom. The Labute approximate surface area is 187 Å². The van der Waals surface area contributed by atoms with Gasteiger partial charge in [0.15, 0.2) is 5.82 Å². The van der Waals surface area contributed by atoms with Crippen molar-refractivity contribution in [2.45, 2.75) is 40.7 Å². The molecule has 1 aliphatic heterocycles. The molecule has 6 nitrogen and oxygen atoms in total. The second-order valence-electron chi connectivity index (χ2n) is 7.85. The summed E-state index contributed by atoms with van der Waals surface area (Å²) in [6.45, 7) is 8.12. The maximum absolute atomic E-state index is 10.3. The number of aromatic nitrogens is 3. The lowest BCUT2D eigenvalue weighted by atomic mass is 10.00. The average molecular weight is 439 g/mol. The van der Waals surface area contributed by atoms with Crippen LogP contribution < -0.4 is 4.74 Å². The highest BCUT2D eigenvalue weighted by Gasteiger charge is 2.22. The van der Waals surface area contributed by atoms with Gasteiger partial charge in [-0.25, -0.2) is 0 Å². The number of aliphatic imine (C=N–C) groups is 1. The minimum absolute atomic E-state index is 0.287. The molecule has 0 saturated heterocycles. The lowest BCUT2D eigenvalue weighted by molar-refractivity contribution is -0.117. The molecule has 2 aromatic carbocycles. The normalized spacial score (nSPS) is 12.2. The minimum atomic E-state index is 0.287. The molecule has 1 aliphatic rings. The van der Waals surface area contributed by atoms with Crippen molar-refractivity contribution in [3.05, 3.63) is 70.3 Å². The number of nitrogens with zero attached hydrogens (tertiary/aromatic N) is 4. The molecule has 0 saturated carbocycles. The van der Waals surface area contributed by atoms with E-state index in [4.69, 9.17) is 21.3 Å². The summed E-state index contributed by atoms with van der Waals surface area (Å²) in [4.78, 5) is 15.0. The van der Waals surface area contributed by atoms with E-state index in [1.807, 2.05) is 67.8 Å². The summed E-state index contributed by atoms with van der Waals surface area (Å²) in [6, 6.07) is 13.6. The fourth-order valence-electron chi connectivity index (χ4n) is 3.51. The number of benzene rings is 2. The average Bonchev–Trinajstić information content (AvgIpc) is 3.00. The van der Waals surface area contributed by atoms with E-state index in [2.05, 4.69) is 10.2 Å². The fraction of sp³-hybridized carbons (Fsp3) is 0.333. The van der Waals surface area contributed by atoms with Crippen LogP contribution in [0.4, 0.5) is 0 Å². The second kappa shape index (κ2) is 9.88. The van der Waals surface area contributed by atoms with Crippen LogP contribution in [0.3, 0.4) is 0 Å². The van der Waals surface area contributed by atoms with E-state index < -0.39 is 0 Å². The van der Waals surface area contributed by atoms with Crippen molar-refractivity contribution in [2.75, 3.05) is 7.11 Å². The van der Waals surface area contributed by atoms with Crippen molar-refractivity contribution in [2.24, 2.45) is 10.9 Å². The maximum atomic E-state index is 10.3. The molecule has 0 N–H and O–H groups in total. The molecular formula is C24H27ClN4O2. The third-order valence-corrected chi connectivity index (χ3v) is 5.04. The molecular weight excluding hydrogens is 412 g/mol. The van der Waals surface area contributed by atoms with E-state index >= 15 is 0 Å². The molecule has 0 atom stereocenters. The van der Waals surface area contributed by atoms with Crippen LogP contribution in [-0.2, 0) is 11.3 Å². The molecule has 31 heavy (non-hydrogen) atoms. The van der Waals surface area contributed by atoms with Crippen molar-refractivity contribution >= 4 is 23.1 Å². The van der Waals surface area contributed by atoms with Crippen molar-refractivity contribution in [1.29, 1.82) is 0 Å². The van der Waals surface area contributed by atoms with E-state index in [-0.39, 0.29) is 5.78 Å². The van der Waals surface area contributed by atoms with Gasteiger partial charge in [-0.3, -0.25) is 9.56 Å². The van der Waals surface area contributed by atoms with E-state index in [0.717, 1.165) is 46.3 Å². The number of carbonyl (C=O) groups excluding carboxylic acids is 1. The molecule has 0 amide bonds. The van der Waals surface area contributed by atoms with Gasteiger partial charge in [-0.2, -0.15) is 0 Å². The predicted molar refractivity (Wildman–Crippen MR) is 124 cm³/mol. The van der Waals surface area contributed by atoms with Crippen molar-refractivity contribution in [3.63, 3.8) is 0 Å². The Kier molecular flexibility index (Phi) is 7.23. The topological polar surface area (TPSA) is 69.4 Å². The first-order chi connectivity index (χ1) is 14.8. The molecule has 4 rings (SSSR count). The lowest BCUT2D eigenvalue weighted by Crippen LogP contribution is -2.08. The molecule has 2 heterocycles. The third kappa shape index (κ3) is 5.39. The third-order valence-electron chi connectivity index (χ3n) is 4.78. The largest absolute Gasteiger partial charge is 0.497 e. The number of rotatable bonds is 4. The zero-order chi connectivity index (χ0) is 22.5. The smallest absolute Gasteiger partial charge is 0.159 e. The van der Waals surface area contributed by atoms with Crippen molar-refractivity contribution in [1.82, 2.24) is 14.8 Å². The maximum Gasteiger partial charge on any atom is 0.159 e. The molecule has 3 aromatic rings. The summed E-state index contributed by atoms with van der Waals surface area (Å²) < 4.78 is 7.45. The van der Waals surface area contributed by atoms with Gasteiger partial charge in [0.05, 0.1) is 18.5 Å². The summed E-state index contributed by atoms with van der Waals surface area (Å²) in [5, 5.41) is 9.14. The highest BCUT2D eigenvalue weighted by atomic mass is 35.5. The Morgan fingerprint density at radius 1 is 1.16 bits per heavy atom. The summed E-state index contributed by atoms with van der Waals surface area (Å²) in [6.07, 6.45) is 0.722. The number of fused-ring (bicyclic) bond motifs is 3. The van der Waals surface area contributed by atoms with Gasteiger partial charge in [0.25, 0.3) is 0 Å². The first-order valence-electron chi connectivity index (χ1n) is 10.2. The molecule has 0 fully saturated rings. The molecule has 0 radical (unpaired) electrons. The van der Waals surface area contributed by atoms with Crippen LogP contribution in [-0.4, -0.2) is 33.4 Å². The zero-order valence-corrected chi connectivity index (χ0v) is 19.3. The number of ether oxygens (including phenoxy) is 1. The minimum Gasteiger partial charge on any atom is -0.497 e. The monoisotopic (exact) mass is 438 g/mol. The first-order valence-corrected chi connectivity index (χ1v) is 10.6. The molecule has 7 heteroatoms. The summed E-state index contributed by atoms with van der Waals surface area (Å²) in [5.41, 5.74) is 3.88. The van der Waals surface area contributed by atoms with Crippen LogP contribution in [0.25, 0.3) is 5.69 Å². The number of hydrogen-bond donors (Lipinski definition) is 0. The van der Waals surface area contributed by atoms with Gasteiger partial charge < -0.3 is 9.53 Å². The van der Waals surface area contributed by atoms with Crippen LogP contribution >= 0.6 is 11.6 Å².